The number of esters is 1. The van der Waals surface area contributed by atoms with E-state index in [1.807, 2.05) is 62.4 Å². The summed E-state index contributed by atoms with van der Waals surface area (Å²) >= 11 is 0. The minimum Gasteiger partial charge on any atom is -0.493 e. The van der Waals surface area contributed by atoms with Crippen LogP contribution in [0.15, 0.2) is 48.5 Å². The van der Waals surface area contributed by atoms with Crippen LogP contribution in [-0.4, -0.2) is 24.6 Å². The van der Waals surface area contributed by atoms with Crippen LogP contribution in [0.3, 0.4) is 0 Å². The fourth-order valence-corrected chi connectivity index (χ4v) is 2.31. The summed E-state index contributed by atoms with van der Waals surface area (Å²) in [5.74, 6) is -0.0421. The SMILES string of the molecule is Cc1ccc(CNC(=O)[C@@H](C)OC(=O)CCOc2ccccc2C)cc1. The summed E-state index contributed by atoms with van der Waals surface area (Å²) in [7, 11) is 0. The van der Waals surface area contributed by atoms with Gasteiger partial charge in [-0.05, 0) is 38.0 Å². The summed E-state index contributed by atoms with van der Waals surface area (Å²) in [6, 6.07) is 15.5. The van der Waals surface area contributed by atoms with Gasteiger partial charge in [-0.3, -0.25) is 9.59 Å². The molecule has 0 aliphatic rings. The van der Waals surface area contributed by atoms with Gasteiger partial charge in [0, 0.05) is 6.54 Å². The van der Waals surface area contributed by atoms with Crippen molar-refractivity contribution in [1.82, 2.24) is 5.32 Å². The van der Waals surface area contributed by atoms with Crippen molar-refractivity contribution >= 4 is 11.9 Å². The van der Waals surface area contributed by atoms with Crippen molar-refractivity contribution in [2.24, 2.45) is 0 Å². The Morgan fingerprint density at radius 3 is 2.42 bits per heavy atom. The zero-order chi connectivity index (χ0) is 18.9. The van der Waals surface area contributed by atoms with Gasteiger partial charge in [0.25, 0.3) is 5.91 Å². The minimum absolute atomic E-state index is 0.0872. The highest BCUT2D eigenvalue weighted by Gasteiger charge is 2.17. The van der Waals surface area contributed by atoms with Crippen LogP contribution in [0, 0.1) is 13.8 Å². The Hall–Kier alpha value is -2.82. The first-order valence-electron chi connectivity index (χ1n) is 8.67. The molecule has 2 rings (SSSR count). The third-order valence-electron chi connectivity index (χ3n) is 3.92. The first-order chi connectivity index (χ1) is 12.5. The second kappa shape index (κ2) is 9.61. The molecule has 26 heavy (non-hydrogen) atoms. The number of carbonyl (C=O) groups is 2. The molecule has 1 N–H and O–H groups in total. The highest BCUT2D eigenvalue weighted by Crippen LogP contribution is 2.16. The van der Waals surface area contributed by atoms with Crippen LogP contribution in [0.25, 0.3) is 0 Å². The maximum atomic E-state index is 12.0. The van der Waals surface area contributed by atoms with E-state index in [4.69, 9.17) is 9.47 Å². The number of benzene rings is 2. The molecule has 0 fully saturated rings. The maximum Gasteiger partial charge on any atom is 0.310 e. The standard InChI is InChI=1S/C21H25NO4/c1-15-8-10-18(11-9-15)14-22-21(24)17(3)26-20(23)12-13-25-19-7-5-4-6-16(19)2/h4-11,17H,12-14H2,1-3H3,(H,22,24)/t17-/m1/s1. The molecule has 1 amide bonds. The van der Waals surface area contributed by atoms with E-state index in [-0.39, 0.29) is 18.9 Å². The number of ether oxygens (including phenoxy) is 2. The fraction of sp³-hybridized carbons (Fsp3) is 0.333. The Balaban J connectivity index is 1.69. The number of hydrogen-bond donors (Lipinski definition) is 1. The predicted molar refractivity (Wildman–Crippen MR) is 99.9 cm³/mol. The average Bonchev–Trinajstić information content (AvgIpc) is 2.62. The second-order valence-corrected chi connectivity index (χ2v) is 6.20. The van der Waals surface area contributed by atoms with Gasteiger partial charge >= 0.3 is 5.97 Å². The molecule has 5 nitrogen and oxygen atoms in total. The summed E-state index contributed by atoms with van der Waals surface area (Å²) in [4.78, 5) is 23.9. The summed E-state index contributed by atoms with van der Waals surface area (Å²) in [5.41, 5.74) is 3.16. The number of nitrogens with one attached hydrogen (secondary N) is 1. The smallest absolute Gasteiger partial charge is 0.310 e. The van der Waals surface area contributed by atoms with Gasteiger partial charge < -0.3 is 14.8 Å². The van der Waals surface area contributed by atoms with Crippen molar-refractivity contribution in [3.63, 3.8) is 0 Å². The second-order valence-electron chi connectivity index (χ2n) is 6.20. The molecular weight excluding hydrogens is 330 g/mol. The van der Waals surface area contributed by atoms with Crippen LogP contribution in [0.5, 0.6) is 5.75 Å². The first kappa shape index (κ1) is 19.5. The molecule has 0 unspecified atom stereocenters. The van der Waals surface area contributed by atoms with Gasteiger partial charge in [0.05, 0.1) is 13.0 Å². The van der Waals surface area contributed by atoms with Gasteiger partial charge in [-0.2, -0.15) is 0 Å². The Morgan fingerprint density at radius 1 is 1.04 bits per heavy atom. The molecule has 0 spiro atoms. The lowest BCUT2D eigenvalue weighted by molar-refractivity contribution is -0.155. The number of rotatable bonds is 8. The van der Waals surface area contributed by atoms with Crippen molar-refractivity contribution in [2.45, 2.75) is 39.8 Å². The van der Waals surface area contributed by atoms with Crippen LogP contribution in [0.4, 0.5) is 0 Å². The molecule has 0 heterocycles. The number of hydrogen-bond acceptors (Lipinski definition) is 4. The van der Waals surface area contributed by atoms with E-state index >= 15 is 0 Å². The third kappa shape index (κ3) is 6.24. The molecule has 138 valence electrons. The Kier molecular flexibility index (Phi) is 7.21. The van der Waals surface area contributed by atoms with Gasteiger partial charge in [0.15, 0.2) is 6.10 Å². The van der Waals surface area contributed by atoms with Gasteiger partial charge in [-0.25, -0.2) is 0 Å². The average molecular weight is 355 g/mol. The quantitative estimate of drug-likeness (QED) is 0.738. The van der Waals surface area contributed by atoms with Gasteiger partial charge in [-0.15, -0.1) is 0 Å². The number of aryl methyl sites for hydroxylation is 2. The Bertz CT molecular complexity index is 740. The van der Waals surface area contributed by atoms with Crippen LogP contribution in [0.1, 0.15) is 30.0 Å². The maximum absolute atomic E-state index is 12.0. The summed E-state index contributed by atoms with van der Waals surface area (Å²) in [6.45, 7) is 6.12. The number of amides is 1. The van der Waals surface area contributed by atoms with Crippen molar-refractivity contribution in [2.75, 3.05) is 6.61 Å². The predicted octanol–water partition coefficient (Wildman–Crippen LogP) is 3.32. The summed E-state index contributed by atoms with van der Waals surface area (Å²) < 4.78 is 10.7. The van der Waals surface area contributed by atoms with Crippen molar-refractivity contribution < 1.29 is 19.1 Å². The van der Waals surface area contributed by atoms with Crippen molar-refractivity contribution in [3.05, 3.63) is 65.2 Å². The summed E-state index contributed by atoms with van der Waals surface area (Å²) in [6.07, 6.45) is -0.754. The monoisotopic (exact) mass is 355 g/mol. The molecule has 0 aromatic heterocycles. The van der Waals surface area contributed by atoms with Crippen LogP contribution < -0.4 is 10.1 Å². The largest absolute Gasteiger partial charge is 0.493 e. The minimum atomic E-state index is -0.841. The zero-order valence-corrected chi connectivity index (χ0v) is 15.5. The van der Waals surface area contributed by atoms with Gasteiger partial charge in [0.2, 0.25) is 0 Å². The van der Waals surface area contributed by atoms with Crippen LogP contribution in [0.2, 0.25) is 0 Å². The van der Waals surface area contributed by atoms with E-state index in [1.165, 1.54) is 0 Å². The normalized spacial score (nSPS) is 11.5. The van der Waals surface area contributed by atoms with Crippen molar-refractivity contribution in [1.29, 1.82) is 0 Å². The Labute approximate surface area is 154 Å². The fourth-order valence-electron chi connectivity index (χ4n) is 2.31. The van der Waals surface area contributed by atoms with E-state index in [9.17, 15) is 9.59 Å². The highest BCUT2D eigenvalue weighted by molar-refractivity contribution is 5.83. The lowest BCUT2D eigenvalue weighted by Crippen LogP contribution is -2.35. The van der Waals surface area contributed by atoms with Gasteiger partial charge in [0.1, 0.15) is 5.75 Å². The summed E-state index contributed by atoms with van der Waals surface area (Å²) in [5, 5.41) is 2.77. The zero-order valence-electron chi connectivity index (χ0n) is 15.5. The molecule has 0 saturated carbocycles. The molecule has 0 aliphatic heterocycles. The lowest BCUT2D eigenvalue weighted by atomic mass is 10.1. The van der Waals surface area contributed by atoms with Crippen LogP contribution in [-0.2, 0) is 20.9 Å². The molecule has 0 saturated heterocycles. The number of carbonyl (C=O) groups excluding carboxylic acids is 2. The van der Waals surface area contributed by atoms with E-state index in [0.717, 1.165) is 22.4 Å². The molecular formula is C21H25NO4. The Morgan fingerprint density at radius 2 is 1.73 bits per heavy atom. The highest BCUT2D eigenvalue weighted by atomic mass is 16.5. The van der Waals surface area contributed by atoms with E-state index in [0.29, 0.717) is 6.54 Å². The molecule has 1 atom stereocenters. The van der Waals surface area contributed by atoms with E-state index < -0.39 is 12.1 Å². The van der Waals surface area contributed by atoms with Crippen molar-refractivity contribution in [3.8, 4) is 5.75 Å². The molecule has 2 aromatic rings. The lowest BCUT2D eigenvalue weighted by Gasteiger charge is -2.14. The molecule has 5 heteroatoms. The topological polar surface area (TPSA) is 64.6 Å². The van der Waals surface area contributed by atoms with Crippen LogP contribution >= 0.6 is 0 Å². The molecule has 0 bridgehead atoms. The molecule has 0 radical (unpaired) electrons. The molecule has 2 aromatic carbocycles. The van der Waals surface area contributed by atoms with E-state index in [1.54, 1.807) is 6.92 Å². The molecule has 0 aliphatic carbocycles. The first-order valence-corrected chi connectivity index (χ1v) is 8.67. The van der Waals surface area contributed by atoms with Gasteiger partial charge in [-0.1, -0.05) is 48.0 Å². The third-order valence-corrected chi connectivity index (χ3v) is 3.92. The van der Waals surface area contributed by atoms with E-state index in [2.05, 4.69) is 5.32 Å². The number of para-hydroxylation sites is 1.